The van der Waals surface area contributed by atoms with E-state index < -0.39 is 36.4 Å². The van der Waals surface area contributed by atoms with Crippen LogP contribution in [0.3, 0.4) is 0 Å². The van der Waals surface area contributed by atoms with Gasteiger partial charge in [-0.15, -0.1) is 19.7 Å². The summed E-state index contributed by atoms with van der Waals surface area (Å²) in [5.41, 5.74) is 0. The van der Waals surface area contributed by atoms with Crippen LogP contribution >= 0.6 is 0 Å². The van der Waals surface area contributed by atoms with E-state index in [9.17, 15) is 29.4 Å². The smallest absolute Gasteiger partial charge is 0.306 e. The normalized spacial score (nSPS) is 29.3. The van der Waals surface area contributed by atoms with Crippen LogP contribution in [-0.4, -0.2) is 80.9 Å². The molecule has 0 aromatic carbocycles. The zero-order valence-electron chi connectivity index (χ0n) is 30.5. The second-order valence-corrected chi connectivity index (χ2v) is 14.4. The molecule has 11 nitrogen and oxygen atoms in total. The molecule has 0 spiro atoms. The third-order valence-electron chi connectivity index (χ3n) is 10.2. The van der Waals surface area contributed by atoms with Crippen LogP contribution in [0.4, 0.5) is 0 Å². The Morgan fingerprint density at radius 1 is 0.529 bits per heavy atom. The number of rotatable bonds is 19. The Kier molecular flexibility index (Phi) is 21.7. The lowest BCUT2D eigenvalue weighted by molar-refractivity contribution is -0.159. The van der Waals surface area contributed by atoms with Gasteiger partial charge in [0, 0.05) is 25.7 Å². The van der Waals surface area contributed by atoms with Gasteiger partial charge in [0.05, 0.1) is 24.4 Å². The van der Waals surface area contributed by atoms with Gasteiger partial charge >= 0.3 is 23.9 Å². The Labute approximate surface area is 304 Å². The van der Waals surface area contributed by atoms with Crippen molar-refractivity contribution in [2.24, 2.45) is 17.8 Å². The van der Waals surface area contributed by atoms with Gasteiger partial charge in [-0.2, -0.15) is 0 Å². The number of fused-ring (bicyclic) bond motifs is 1. The molecule has 0 aromatic rings. The molecule has 1 heterocycles. The number of aliphatic hydroxyl groups excluding tert-OH is 2. The summed E-state index contributed by atoms with van der Waals surface area (Å²) in [6, 6.07) is 0. The van der Waals surface area contributed by atoms with Crippen molar-refractivity contribution in [1.29, 1.82) is 0 Å². The number of allylic oxidation sites excluding steroid dienone is 3. The standard InChI is InChI=1S/C24H38O6.C8H14O4.C8H12O/c1-3-17-11-13-19(25)21(15-17)29-23(27)9-7-5-6-8-10-24(28)30-22-16-18(4-2)12-14-20(22)26;9-7(10)5-3-1-2-4-6-8(11)12;1-2-6-3-4-7-8(5-6)9-7/h3-4,17-22,25-26H,1-2,5-16H2;1-6H2,(H,9,10)(H,11,12);2,6-8H,1,3-5H2. The van der Waals surface area contributed by atoms with E-state index in [1.165, 1.54) is 19.3 Å². The molecule has 3 aliphatic carbocycles. The van der Waals surface area contributed by atoms with Gasteiger partial charge in [-0.25, -0.2) is 0 Å². The largest absolute Gasteiger partial charge is 0.481 e. The summed E-state index contributed by atoms with van der Waals surface area (Å²) < 4.78 is 16.3. The highest BCUT2D eigenvalue weighted by molar-refractivity contribution is 5.70. The van der Waals surface area contributed by atoms with Crippen LogP contribution in [0.5, 0.6) is 0 Å². The fourth-order valence-corrected chi connectivity index (χ4v) is 6.87. The first-order valence-corrected chi connectivity index (χ1v) is 19.2. The summed E-state index contributed by atoms with van der Waals surface area (Å²) in [6.07, 6.45) is 20.1. The minimum Gasteiger partial charge on any atom is -0.481 e. The van der Waals surface area contributed by atoms with E-state index in [-0.39, 0.29) is 24.8 Å². The van der Waals surface area contributed by atoms with Crippen molar-refractivity contribution in [3.8, 4) is 0 Å². The van der Waals surface area contributed by atoms with Gasteiger partial charge in [0.15, 0.2) is 0 Å². The third-order valence-corrected chi connectivity index (χ3v) is 10.2. The number of aliphatic hydroxyl groups is 2. The van der Waals surface area contributed by atoms with Gasteiger partial charge in [-0.3, -0.25) is 19.2 Å². The molecule has 51 heavy (non-hydrogen) atoms. The Morgan fingerprint density at radius 3 is 1.27 bits per heavy atom. The van der Waals surface area contributed by atoms with Crippen molar-refractivity contribution in [1.82, 2.24) is 0 Å². The monoisotopic (exact) mass is 720 g/mol. The van der Waals surface area contributed by atoms with Crippen molar-refractivity contribution >= 4 is 23.9 Å². The lowest BCUT2D eigenvalue weighted by Gasteiger charge is -2.31. The SMILES string of the molecule is C=CC1CCC(O)C(OC(=O)CCCCCCC(=O)OC2CC(C=C)CCC2O)C1.C=CC1CCC2OC2C1.O=C(O)CCCCCCC(=O)O. The number of hydrogen-bond acceptors (Lipinski definition) is 9. The first-order valence-electron chi connectivity index (χ1n) is 19.2. The lowest BCUT2D eigenvalue weighted by Crippen LogP contribution is -2.37. The molecule has 0 amide bonds. The van der Waals surface area contributed by atoms with E-state index in [1.807, 2.05) is 12.2 Å². The summed E-state index contributed by atoms with van der Waals surface area (Å²) in [5.74, 6) is -0.778. The second kappa shape index (κ2) is 25.0. The van der Waals surface area contributed by atoms with Gasteiger partial charge in [0.1, 0.15) is 12.2 Å². The predicted octanol–water partition coefficient (Wildman–Crippen LogP) is 7.08. The van der Waals surface area contributed by atoms with Crippen molar-refractivity contribution in [2.75, 3.05) is 0 Å². The van der Waals surface area contributed by atoms with E-state index in [2.05, 4.69) is 25.8 Å². The molecular weight excluding hydrogens is 656 g/mol. The van der Waals surface area contributed by atoms with Crippen LogP contribution < -0.4 is 0 Å². The molecule has 290 valence electrons. The number of hydrogen-bond donors (Lipinski definition) is 4. The van der Waals surface area contributed by atoms with E-state index in [1.54, 1.807) is 0 Å². The number of ether oxygens (including phenoxy) is 3. The van der Waals surface area contributed by atoms with Gasteiger partial charge in [-0.05, 0) is 101 Å². The van der Waals surface area contributed by atoms with Crippen molar-refractivity contribution in [2.45, 2.75) is 171 Å². The minimum atomic E-state index is -0.784. The zero-order valence-corrected chi connectivity index (χ0v) is 30.5. The summed E-state index contributed by atoms with van der Waals surface area (Å²) in [7, 11) is 0. The molecule has 4 rings (SSSR count). The van der Waals surface area contributed by atoms with Crippen LogP contribution in [-0.2, 0) is 33.4 Å². The fraction of sp³-hybridized carbons (Fsp3) is 0.750. The first kappa shape index (κ1) is 44.1. The molecule has 0 radical (unpaired) electrons. The topological polar surface area (TPSA) is 180 Å². The number of carboxylic acid groups (broad SMARTS) is 2. The van der Waals surface area contributed by atoms with Crippen molar-refractivity contribution in [3.05, 3.63) is 38.0 Å². The molecule has 9 atom stereocenters. The van der Waals surface area contributed by atoms with Crippen LogP contribution in [0.2, 0.25) is 0 Å². The van der Waals surface area contributed by atoms with Gasteiger partial charge in [0.2, 0.25) is 0 Å². The Balaban J connectivity index is 0.000000346. The van der Waals surface area contributed by atoms with E-state index in [0.29, 0.717) is 88.3 Å². The Hall–Kier alpha value is -3.02. The maximum Gasteiger partial charge on any atom is 0.306 e. The maximum absolute atomic E-state index is 12.0. The Morgan fingerprint density at radius 2 is 0.902 bits per heavy atom. The molecule has 3 saturated carbocycles. The highest BCUT2D eigenvalue weighted by atomic mass is 16.6. The number of carbonyl (C=O) groups excluding carboxylic acids is 2. The summed E-state index contributed by atoms with van der Waals surface area (Å²) in [6.45, 7) is 11.4. The van der Waals surface area contributed by atoms with Gasteiger partial charge in [-0.1, -0.05) is 43.9 Å². The fourth-order valence-electron chi connectivity index (χ4n) is 6.87. The van der Waals surface area contributed by atoms with E-state index in [0.717, 1.165) is 44.4 Å². The highest BCUT2D eigenvalue weighted by Crippen LogP contribution is 2.39. The number of epoxide rings is 1. The van der Waals surface area contributed by atoms with E-state index >= 15 is 0 Å². The van der Waals surface area contributed by atoms with Crippen molar-refractivity contribution < 1.29 is 53.8 Å². The molecule has 1 aliphatic heterocycles. The summed E-state index contributed by atoms with van der Waals surface area (Å²) in [4.78, 5) is 44.2. The van der Waals surface area contributed by atoms with Crippen molar-refractivity contribution in [3.63, 3.8) is 0 Å². The average molecular weight is 721 g/mol. The number of aliphatic carboxylic acids is 2. The second-order valence-electron chi connectivity index (χ2n) is 14.4. The quantitative estimate of drug-likeness (QED) is 0.0463. The van der Waals surface area contributed by atoms with Crippen LogP contribution in [0.25, 0.3) is 0 Å². The molecule has 4 aliphatic rings. The van der Waals surface area contributed by atoms with Crippen LogP contribution in [0.15, 0.2) is 38.0 Å². The number of unbranched alkanes of at least 4 members (excludes halogenated alkanes) is 6. The average Bonchev–Trinajstić information content (AvgIpc) is 3.89. The highest BCUT2D eigenvalue weighted by Gasteiger charge is 2.43. The number of carbonyl (C=O) groups is 4. The number of esters is 2. The molecule has 9 unspecified atom stereocenters. The van der Waals surface area contributed by atoms with Crippen LogP contribution in [0.1, 0.15) is 135 Å². The molecule has 4 fully saturated rings. The Bertz CT molecular complexity index is 1020. The third kappa shape index (κ3) is 19.4. The molecular formula is C40H64O11. The van der Waals surface area contributed by atoms with Gasteiger partial charge < -0.3 is 34.6 Å². The molecule has 11 heteroatoms. The predicted molar refractivity (Wildman–Crippen MR) is 194 cm³/mol. The summed E-state index contributed by atoms with van der Waals surface area (Å²) in [5, 5.41) is 36.6. The molecule has 0 aromatic heterocycles. The molecule has 1 saturated heterocycles. The zero-order chi connectivity index (χ0) is 37.6. The van der Waals surface area contributed by atoms with Gasteiger partial charge in [0.25, 0.3) is 0 Å². The minimum absolute atomic E-state index is 0.188. The van der Waals surface area contributed by atoms with Crippen LogP contribution in [0, 0.1) is 17.8 Å². The van der Waals surface area contributed by atoms with E-state index in [4.69, 9.17) is 24.4 Å². The number of carboxylic acids is 2. The summed E-state index contributed by atoms with van der Waals surface area (Å²) >= 11 is 0. The lowest BCUT2D eigenvalue weighted by atomic mass is 9.85. The molecule has 0 bridgehead atoms. The maximum atomic E-state index is 12.0. The molecule has 4 N–H and O–H groups in total. The first-order chi connectivity index (χ1) is 24.4.